The maximum atomic E-state index is 11.8. The lowest BCUT2D eigenvalue weighted by Crippen LogP contribution is -2.69. The van der Waals surface area contributed by atoms with E-state index >= 15 is 0 Å². The molecule has 2 fully saturated rings. The second-order valence-corrected chi connectivity index (χ2v) is 5.08. The molecule has 4 N–H and O–H groups in total. The molecule has 4 atom stereocenters. The summed E-state index contributed by atoms with van der Waals surface area (Å²) in [5, 5.41) is 23.9. The number of likely N-dealkylation sites (N-methyl/N-ethyl adjacent to an activating group) is 1. The molecule has 8 nitrogen and oxygen atoms in total. The van der Waals surface area contributed by atoms with Crippen molar-refractivity contribution in [3.8, 4) is 0 Å². The molecule has 0 radical (unpaired) electrons. The van der Waals surface area contributed by atoms with Crippen molar-refractivity contribution >= 4 is 11.9 Å². The predicted molar refractivity (Wildman–Crippen MR) is 64.1 cm³/mol. The van der Waals surface area contributed by atoms with Gasteiger partial charge in [0.05, 0.1) is 19.3 Å². The van der Waals surface area contributed by atoms with E-state index in [4.69, 9.17) is 9.84 Å². The average molecular weight is 273 g/mol. The third kappa shape index (κ3) is 2.44. The van der Waals surface area contributed by atoms with Crippen LogP contribution >= 0.6 is 0 Å². The van der Waals surface area contributed by atoms with Gasteiger partial charge in [0.2, 0.25) is 5.91 Å². The van der Waals surface area contributed by atoms with Gasteiger partial charge in [-0.25, -0.2) is 4.79 Å². The van der Waals surface area contributed by atoms with Crippen LogP contribution in [0.4, 0.5) is 4.79 Å². The summed E-state index contributed by atoms with van der Waals surface area (Å²) in [6.45, 7) is 1.51. The van der Waals surface area contributed by atoms with Crippen LogP contribution in [0.25, 0.3) is 0 Å². The highest BCUT2D eigenvalue weighted by Crippen LogP contribution is 2.26. The Hall–Kier alpha value is -1.22. The lowest BCUT2D eigenvalue weighted by Gasteiger charge is -2.41. The van der Waals surface area contributed by atoms with Crippen LogP contribution in [0.5, 0.6) is 0 Å². The Balaban J connectivity index is 2.12. The number of carbonyl (C=O) groups is 2. The van der Waals surface area contributed by atoms with Gasteiger partial charge in [0, 0.05) is 6.42 Å². The standard InChI is InChI=1S/C11H19N3O5/c1-11(12-2)5-14(10(18)13-9(11)17)8-3-6(16)7(4-15)19-8/h6-8,12,15-16H,3-5H2,1-2H3,(H,13,17,18)/t6-,7+,8+,11?/m0/s1. The monoisotopic (exact) mass is 273 g/mol. The van der Waals surface area contributed by atoms with Gasteiger partial charge in [-0.15, -0.1) is 0 Å². The molecule has 0 bridgehead atoms. The number of nitrogens with zero attached hydrogens (tertiary/aromatic N) is 1. The topological polar surface area (TPSA) is 111 Å². The molecular weight excluding hydrogens is 254 g/mol. The zero-order valence-corrected chi connectivity index (χ0v) is 10.9. The van der Waals surface area contributed by atoms with Crippen molar-refractivity contribution in [3.63, 3.8) is 0 Å². The van der Waals surface area contributed by atoms with Crippen molar-refractivity contribution in [1.29, 1.82) is 0 Å². The second kappa shape index (κ2) is 5.04. The quantitative estimate of drug-likeness (QED) is 0.472. The van der Waals surface area contributed by atoms with Crippen molar-refractivity contribution in [1.82, 2.24) is 15.5 Å². The lowest BCUT2D eigenvalue weighted by molar-refractivity contribution is -0.131. The summed E-state index contributed by atoms with van der Waals surface area (Å²) < 4.78 is 5.43. The number of hydrogen-bond donors (Lipinski definition) is 4. The number of imide groups is 1. The molecule has 3 amide bonds. The highest BCUT2D eigenvalue weighted by Gasteiger charge is 2.47. The van der Waals surface area contributed by atoms with Gasteiger partial charge in [0.15, 0.2) is 0 Å². The molecule has 2 aliphatic rings. The minimum atomic E-state index is -0.903. The molecule has 108 valence electrons. The molecule has 0 aromatic heterocycles. The lowest BCUT2D eigenvalue weighted by atomic mass is 9.98. The first-order valence-corrected chi connectivity index (χ1v) is 6.16. The summed E-state index contributed by atoms with van der Waals surface area (Å²) in [5.74, 6) is -0.395. The molecule has 2 saturated heterocycles. The van der Waals surface area contributed by atoms with Crippen LogP contribution in [-0.2, 0) is 9.53 Å². The van der Waals surface area contributed by atoms with E-state index in [1.165, 1.54) is 4.90 Å². The molecule has 2 aliphatic heterocycles. The Morgan fingerprint density at radius 3 is 2.79 bits per heavy atom. The van der Waals surface area contributed by atoms with Gasteiger partial charge in [-0.05, 0) is 14.0 Å². The largest absolute Gasteiger partial charge is 0.394 e. The Morgan fingerprint density at radius 1 is 1.58 bits per heavy atom. The van der Waals surface area contributed by atoms with Gasteiger partial charge in [-0.1, -0.05) is 0 Å². The summed E-state index contributed by atoms with van der Waals surface area (Å²) in [6, 6.07) is -0.548. The highest BCUT2D eigenvalue weighted by molar-refractivity contribution is 6.02. The molecule has 0 saturated carbocycles. The van der Waals surface area contributed by atoms with E-state index in [-0.39, 0.29) is 19.6 Å². The third-order valence-electron chi connectivity index (χ3n) is 3.75. The predicted octanol–water partition coefficient (Wildman–Crippen LogP) is -2.02. The first-order chi connectivity index (χ1) is 8.91. The number of aliphatic hydroxyl groups is 2. The van der Waals surface area contributed by atoms with E-state index < -0.39 is 35.9 Å². The molecule has 0 aromatic carbocycles. The minimum absolute atomic E-state index is 0.143. The Morgan fingerprint density at radius 2 is 2.26 bits per heavy atom. The summed E-state index contributed by atoms with van der Waals surface area (Å²) in [6.07, 6.45) is -1.95. The first kappa shape index (κ1) is 14.2. The summed E-state index contributed by atoms with van der Waals surface area (Å²) in [5.41, 5.74) is -0.903. The first-order valence-electron chi connectivity index (χ1n) is 6.16. The van der Waals surface area contributed by atoms with Crippen LogP contribution in [0.2, 0.25) is 0 Å². The van der Waals surface area contributed by atoms with Gasteiger partial charge in [0.25, 0.3) is 0 Å². The number of nitrogens with one attached hydrogen (secondary N) is 2. The number of hydrogen-bond acceptors (Lipinski definition) is 6. The van der Waals surface area contributed by atoms with Crippen molar-refractivity contribution in [2.24, 2.45) is 0 Å². The number of ether oxygens (including phenoxy) is 1. The number of carbonyl (C=O) groups excluding carboxylic acids is 2. The van der Waals surface area contributed by atoms with Crippen molar-refractivity contribution in [3.05, 3.63) is 0 Å². The molecule has 0 aliphatic carbocycles. The van der Waals surface area contributed by atoms with Crippen molar-refractivity contribution in [2.75, 3.05) is 20.2 Å². The highest BCUT2D eigenvalue weighted by atomic mass is 16.5. The van der Waals surface area contributed by atoms with E-state index in [9.17, 15) is 14.7 Å². The summed E-state index contributed by atoms with van der Waals surface area (Å²) in [7, 11) is 1.63. The van der Waals surface area contributed by atoms with Crippen LogP contribution in [0, 0.1) is 0 Å². The fraction of sp³-hybridized carbons (Fsp3) is 0.818. The number of aliphatic hydroxyl groups excluding tert-OH is 2. The zero-order chi connectivity index (χ0) is 14.2. The maximum Gasteiger partial charge on any atom is 0.326 e. The van der Waals surface area contributed by atoms with E-state index in [0.717, 1.165) is 0 Å². The Labute approximate surface area is 110 Å². The average Bonchev–Trinajstić information content (AvgIpc) is 2.75. The second-order valence-electron chi connectivity index (χ2n) is 5.08. The van der Waals surface area contributed by atoms with Gasteiger partial charge < -0.3 is 20.3 Å². The fourth-order valence-corrected chi connectivity index (χ4v) is 2.29. The third-order valence-corrected chi connectivity index (χ3v) is 3.75. The smallest absolute Gasteiger partial charge is 0.326 e. The molecule has 2 rings (SSSR count). The number of rotatable bonds is 3. The number of urea groups is 1. The van der Waals surface area contributed by atoms with Crippen molar-refractivity contribution in [2.45, 2.75) is 37.3 Å². The molecule has 8 heteroatoms. The zero-order valence-electron chi connectivity index (χ0n) is 10.9. The normalized spacial score (nSPS) is 39.6. The molecule has 0 aromatic rings. The molecule has 19 heavy (non-hydrogen) atoms. The molecular formula is C11H19N3O5. The van der Waals surface area contributed by atoms with E-state index in [2.05, 4.69) is 10.6 Å². The Bertz CT molecular complexity index is 391. The van der Waals surface area contributed by atoms with Crippen molar-refractivity contribution < 1.29 is 24.5 Å². The molecule has 1 unspecified atom stereocenters. The van der Waals surface area contributed by atoms with E-state index in [1.807, 2.05) is 0 Å². The van der Waals surface area contributed by atoms with Gasteiger partial charge >= 0.3 is 6.03 Å². The van der Waals surface area contributed by atoms with Crippen LogP contribution in [0.1, 0.15) is 13.3 Å². The van der Waals surface area contributed by atoms with Crippen LogP contribution < -0.4 is 10.6 Å². The van der Waals surface area contributed by atoms with Gasteiger partial charge in [-0.2, -0.15) is 0 Å². The van der Waals surface area contributed by atoms with Gasteiger partial charge in [-0.3, -0.25) is 15.0 Å². The Kier molecular flexibility index (Phi) is 3.77. The molecule has 0 spiro atoms. The SMILES string of the molecule is CNC1(C)CN([C@H]2C[C@H](O)[C@@H](CO)O2)C(=O)NC1=O. The van der Waals surface area contributed by atoms with Crippen LogP contribution in [0.15, 0.2) is 0 Å². The van der Waals surface area contributed by atoms with Gasteiger partial charge in [0.1, 0.15) is 17.9 Å². The summed E-state index contributed by atoms with van der Waals surface area (Å²) >= 11 is 0. The fourth-order valence-electron chi connectivity index (χ4n) is 2.29. The minimum Gasteiger partial charge on any atom is -0.394 e. The molecule has 2 heterocycles. The van der Waals surface area contributed by atoms with Crippen LogP contribution in [-0.4, -0.2) is 71.2 Å². The van der Waals surface area contributed by atoms with Crippen LogP contribution in [0.3, 0.4) is 0 Å². The maximum absolute atomic E-state index is 11.8. The summed E-state index contributed by atoms with van der Waals surface area (Å²) in [4.78, 5) is 24.9. The van der Waals surface area contributed by atoms with E-state index in [0.29, 0.717) is 0 Å². The number of amides is 3. The van der Waals surface area contributed by atoms with E-state index in [1.54, 1.807) is 14.0 Å².